The maximum atomic E-state index is 10.5. The van der Waals surface area contributed by atoms with Gasteiger partial charge < -0.3 is 15.3 Å². The molecule has 0 heterocycles. The lowest BCUT2D eigenvalue weighted by Gasteiger charge is -2.44. The van der Waals surface area contributed by atoms with E-state index in [0.29, 0.717) is 36.0 Å². The summed E-state index contributed by atoms with van der Waals surface area (Å²) in [4.78, 5) is 0. The van der Waals surface area contributed by atoms with E-state index in [0.717, 1.165) is 17.6 Å². The average Bonchev–Trinajstić information content (AvgIpc) is 3.04. The Morgan fingerprint density at radius 1 is 1.12 bits per heavy atom. The van der Waals surface area contributed by atoms with Gasteiger partial charge in [-0.1, -0.05) is 64.2 Å². The highest BCUT2D eigenvalue weighted by Gasteiger charge is 2.50. The van der Waals surface area contributed by atoms with Crippen molar-refractivity contribution in [1.29, 1.82) is 0 Å². The molecule has 6 atom stereocenters. The Labute approximate surface area is 196 Å². The highest BCUT2D eigenvalue weighted by Crippen LogP contribution is 2.59. The zero-order chi connectivity index (χ0) is 23.9. The second-order valence-electron chi connectivity index (χ2n) is 12.2. The molecule has 3 N–H and O–H groups in total. The van der Waals surface area contributed by atoms with Gasteiger partial charge in [-0.15, -0.1) is 0 Å². The van der Waals surface area contributed by atoms with Gasteiger partial charge in [0, 0.05) is 11.8 Å². The van der Waals surface area contributed by atoms with Crippen molar-refractivity contribution in [1.82, 2.24) is 0 Å². The number of hydrogen-bond donors (Lipinski definition) is 3. The van der Waals surface area contributed by atoms with Gasteiger partial charge in [-0.25, -0.2) is 0 Å². The molecule has 32 heavy (non-hydrogen) atoms. The maximum Gasteiger partial charge on any atom is 0.0811 e. The van der Waals surface area contributed by atoms with Gasteiger partial charge in [-0.3, -0.25) is 0 Å². The zero-order valence-corrected chi connectivity index (χ0v) is 21.2. The highest BCUT2D eigenvalue weighted by molar-refractivity contribution is 5.38. The van der Waals surface area contributed by atoms with E-state index in [1.807, 2.05) is 13.8 Å². The number of rotatable bonds is 5. The van der Waals surface area contributed by atoms with Gasteiger partial charge in [0.25, 0.3) is 0 Å². The van der Waals surface area contributed by atoms with Crippen molar-refractivity contribution in [3.8, 4) is 0 Å². The molecule has 3 saturated carbocycles. The van der Waals surface area contributed by atoms with Crippen molar-refractivity contribution in [2.24, 2.45) is 28.6 Å². The van der Waals surface area contributed by atoms with Crippen LogP contribution < -0.4 is 0 Å². The first-order valence-corrected chi connectivity index (χ1v) is 12.6. The van der Waals surface area contributed by atoms with Crippen LogP contribution in [0, 0.1) is 28.6 Å². The quantitative estimate of drug-likeness (QED) is 0.450. The first-order valence-electron chi connectivity index (χ1n) is 12.6. The summed E-state index contributed by atoms with van der Waals surface area (Å²) in [6, 6.07) is 0. The molecule has 0 saturated heterocycles. The van der Waals surface area contributed by atoms with Crippen LogP contribution in [0.25, 0.3) is 0 Å². The zero-order valence-electron chi connectivity index (χ0n) is 21.2. The van der Waals surface area contributed by atoms with E-state index >= 15 is 0 Å². The van der Waals surface area contributed by atoms with Crippen molar-refractivity contribution in [2.45, 2.75) is 104 Å². The summed E-state index contributed by atoms with van der Waals surface area (Å²) in [5.41, 5.74) is 2.59. The van der Waals surface area contributed by atoms with Gasteiger partial charge >= 0.3 is 0 Å². The first-order chi connectivity index (χ1) is 14.8. The molecule has 0 aromatic carbocycles. The third-order valence-electron chi connectivity index (χ3n) is 9.33. The molecule has 3 aliphatic carbocycles. The van der Waals surface area contributed by atoms with Crippen molar-refractivity contribution in [3.05, 3.63) is 47.6 Å². The fraction of sp³-hybridized carbons (Fsp3) is 0.724. The Bertz CT molecular complexity index is 794. The van der Waals surface area contributed by atoms with Crippen LogP contribution in [0.2, 0.25) is 0 Å². The topological polar surface area (TPSA) is 60.7 Å². The van der Waals surface area contributed by atoms with E-state index in [9.17, 15) is 15.3 Å². The fourth-order valence-electron chi connectivity index (χ4n) is 6.34. The van der Waals surface area contributed by atoms with Crippen LogP contribution in [0.5, 0.6) is 0 Å². The van der Waals surface area contributed by atoms with Crippen molar-refractivity contribution < 1.29 is 15.3 Å². The molecule has 3 heteroatoms. The third-order valence-corrected chi connectivity index (χ3v) is 9.33. The molecule has 0 unspecified atom stereocenters. The van der Waals surface area contributed by atoms with E-state index in [4.69, 9.17) is 0 Å². The summed E-state index contributed by atoms with van der Waals surface area (Å²) in [7, 11) is 0. The van der Waals surface area contributed by atoms with E-state index in [1.165, 1.54) is 31.3 Å². The maximum absolute atomic E-state index is 10.5. The molecular weight excluding hydrogens is 396 g/mol. The summed E-state index contributed by atoms with van der Waals surface area (Å²) in [6.07, 6.45) is 15.0. The van der Waals surface area contributed by atoms with Gasteiger partial charge in [0.2, 0.25) is 0 Å². The van der Waals surface area contributed by atoms with E-state index in [-0.39, 0.29) is 5.41 Å². The molecule has 180 valence electrons. The molecule has 3 fully saturated rings. The Morgan fingerprint density at radius 3 is 2.47 bits per heavy atom. The highest BCUT2D eigenvalue weighted by atomic mass is 16.3. The van der Waals surface area contributed by atoms with Crippen LogP contribution in [0.3, 0.4) is 0 Å². The minimum Gasteiger partial charge on any atom is -0.393 e. The molecule has 3 nitrogen and oxygen atoms in total. The van der Waals surface area contributed by atoms with Gasteiger partial charge in [-0.05, 0) is 86.7 Å². The number of aliphatic hydroxyl groups is 3. The summed E-state index contributed by atoms with van der Waals surface area (Å²) in [5.74, 6) is 1.72. The molecule has 0 spiro atoms. The smallest absolute Gasteiger partial charge is 0.0811 e. The lowest BCUT2D eigenvalue weighted by Crippen LogP contribution is -2.38. The number of hydrogen-bond acceptors (Lipinski definition) is 3. The third kappa shape index (κ3) is 5.00. The molecule has 0 aromatic heterocycles. The molecular formula is C29H46O3. The molecule has 0 aromatic rings. The summed E-state index contributed by atoms with van der Waals surface area (Å²) >= 11 is 0. The van der Waals surface area contributed by atoms with Gasteiger partial charge in [0.05, 0.1) is 17.8 Å². The summed E-state index contributed by atoms with van der Waals surface area (Å²) in [5, 5.41) is 30.7. The van der Waals surface area contributed by atoms with Crippen molar-refractivity contribution in [3.63, 3.8) is 0 Å². The molecule has 0 bridgehead atoms. The molecule has 0 amide bonds. The summed E-state index contributed by atoms with van der Waals surface area (Å²) < 4.78 is 0. The lowest BCUT2D eigenvalue weighted by molar-refractivity contribution is -0.00785. The number of fused-ring (bicyclic) bond motifs is 1. The number of aliphatic hydroxyl groups excluding tert-OH is 2. The van der Waals surface area contributed by atoms with E-state index < -0.39 is 17.8 Å². The largest absolute Gasteiger partial charge is 0.393 e. The Kier molecular flexibility index (Phi) is 7.35. The number of allylic oxidation sites excluding steroid dienone is 4. The minimum atomic E-state index is -0.746. The van der Waals surface area contributed by atoms with Crippen LogP contribution in [-0.4, -0.2) is 33.1 Å². The monoisotopic (exact) mass is 442 g/mol. The predicted molar refractivity (Wildman–Crippen MR) is 133 cm³/mol. The van der Waals surface area contributed by atoms with Crippen molar-refractivity contribution in [2.75, 3.05) is 0 Å². The molecule has 0 aliphatic heterocycles. The van der Waals surface area contributed by atoms with Crippen LogP contribution in [0.1, 0.15) is 86.5 Å². The standard InChI is InChI=1S/C29H46O3/c1-19(14-16-27(3,4)28(5,6)32)24-12-13-25-21(9-8-15-29(24,25)7)10-11-22-17-23(30)18-26(31)20(22)2/h10-11,14,16,19,23-26,30-32H,2,8-9,12-13,15,17-18H2,1,3-7H3/b16-14+,21-10+,22-11+/t19-,23-,24-,25+,26+,29-/m1/s1. The second-order valence-corrected chi connectivity index (χ2v) is 12.2. The van der Waals surface area contributed by atoms with Crippen LogP contribution >= 0.6 is 0 Å². The van der Waals surface area contributed by atoms with Gasteiger partial charge in [0.15, 0.2) is 0 Å². The van der Waals surface area contributed by atoms with Gasteiger partial charge in [-0.2, -0.15) is 0 Å². The van der Waals surface area contributed by atoms with Crippen LogP contribution in [0.15, 0.2) is 47.6 Å². The Hall–Kier alpha value is -1.16. The molecule has 0 radical (unpaired) electrons. The molecule has 3 rings (SSSR count). The first kappa shape index (κ1) is 25.5. The van der Waals surface area contributed by atoms with E-state index in [2.05, 4.69) is 58.6 Å². The Morgan fingerprint density at radius 2 is 1.81 bits per heavy atom. The Balaban J connectivity index is 1.78. The summed E-state index contributed by atoms with van der Waals surface area (Å²) in [6.45, 7) is 16.9. The second kappa shape index (κ2) is 9.24. The van der Waals surface area contributed by atoms with Crippen molar-refractivity contribution >= 4 is 0 Å². The van der Waals surface area contributed by atoms with Gasteiger partial charge in [0.1, 0.15) is 0 Å². The average molecular weight is 443 g/mol. The normalized spacial score (nSPS) is 38.0. The molecule has 3 aliphatic rings. The predicted octanol–water partition coefficient (Wildman–Crippen LogP) is 6.12. The van der Waals surface area contributed by atoms with E-state index in [1.54, 1.807) is 0 Å². The lowest BCUT2D eigenvalue weighted by atomic mass is 9.61. The van der Waals surface area contributed by atoms with Crippen LogP contribution in [-0.2, 0) is 0 Å². The SMILES string of the molecule is C=C1/C(=C/C=C2\CCC[C@]3(C)[C@@H]([C@H](C)/C=C/C(C)(C)C(C)(C)O)CC[C@@H]23)C[C@@H](O)C[C@@H]1O. The fourth-order valence-corrected chi connectivity index (χ4v) is 6.34. The van der Waals surface area contributed by atoms with Crippen LogP contribution in [0.4, 0.5) is 0 Å². The minimum absolute atomic E-state index is 0.262.